The summed E-state index contributed by atoms with van der Waals surface area (Å²) in [5.41, 5.74) is -12.4. The minimum Gasteiger partial charge on any atom is -0.310 e. The Morgan fingerprint density at radius 2 is 0.731 bits per heavy atom. The monoisotopic (exact) mass is 756 g/mol. The molecule has 2 nitrogen and oxygen atoms in total. The summed E-state index contributed by atoms with van der Waals surface area (Å²) in [5, 5.41) is 0. The molecule has 0 radical (unpaired) electrons. The van der Waals surface area contributed by atoms with E-state index < -0.39 is 98.7 Å². The van der Waals surface area contributed by atoms with Gasteiger partial charge in [-0.2, -0.15) is 52.7 Å². The van der Waals surface area contributed by atoms with E-state index in [1.807, 2.05) is 0 Å². The highest BCUT2D eigenvalue weighted by Gasteiger charge is 2.44. The minimum absolute atomic E-state index is 0.220. The van der Waals surface area contributed by atoms with Crippen molar-refractivity contribution in [3.8, 4) is 0 Å². The number of anilines is 6. The molecule has 52 heavy (non-hydrogen) atoms. The molecular weight excluding hydrogens is 740 g/mol. The molecule has 0 N–H and O–H groups in total. The zero-order valence-corrected chi connectivity index (χ0v) is 25.2. The van der Waals surface area contributed by atoms with Gasteiger partial charge in [0.25, 0.3) is 0 Å². The van der Waals surface area contributed by atoms with Gasteiger partial charge in [0.2, 0.25) is 0 Å². The lowest BCUT2D eigenvalue weighted by Gasteiger charge is -2.30. The van der Waals surface area contributed by atoms with E-state index in [0.29, 0.717) is 21.9 Å². The lowest BCUT2D eigenvalue weighted by Crippen LogP contribution is -2.21. The SMILES string of the molecule is Fc1c(F)c(C(F)(F)F)c(F)c(F)c1N(c1ccccc1)c1ccc(N(c2cccc(C(F)(F)F)c2)c2cc(C(F)(F)F)cc(C(F)(F)F)c2)cc1. The Morgan fingerprint density at radius 3 is 1.17 bits per heavy atom. The van der Waals surface area contributed by atoms with Gasteiger partial charge in [0, 0.05) is 28.4 Å². The number of para-hydroxylation sites is 1. The second kappa shape index (κ2) is 13.3. The second-order valence-corrected chi connectivity index (χ2v) is 10.8. The highest BCUT2D eigenvalue weighted by Crippen LogP contribution is 2.47. The summed E-state index contributed by atoms with van der Waals surface area (Å²) in [6.45, 7) is 0. The Bertz CT molecular complexity index is 2020. The van der Waals surface area contributed by atoms with Crippen LogP contribution in [0, 0.1) is 23.3 Å². The number of hydrogen-bond acceptors (Lipinski definition) is 2. The summed E-state index contributed by atoms with van der Waals surface area (Å²) in [6, 6.07) is 12.4. The number of hydrogen-bond donors (Lipinski definition) is 0. The van der Waals surface area contributed by atoms with Gasteiger partial charge in [-0.25, -0.2) is 17.6 Å². The van der Waals surface area contributed by atoms with Crippen LogP contribution in [0.1, 0.15) is 22.3 Å². The Kier molecular flexibility index (Phi) is 9.66. The Balaban J connectivity index is 1.76. The van der Waals surface area contributed by atoms with Crippen LogP contribution in [0.5, 0.6) is 0 Å². The van der Waals surface area contributed by atoms with Gasteiger partial charge in [0.05, 0.1) is 16.7 Å². The smallest absolute Gasteiger partial charge is 0.310 e. The first-order valence-electron chi connectivity index (χ1n) is 14.2. The fourth-order valence-electron chi connectivity index (χ4n) is 5.14. The van der Waals surface area contributed by atoms with Gasteiger partial charge in [0.1, 0.15) is 11.3 Å². The summed E-state index contributed by atoms with van der Waals surface area (Å²) < 4.78 is 224. The van der Waals surface area contributed by atoms with Crippen LogP contribution in [0.3, 0.4) is 0 Å². The zero-order valence-electron chi connectivity index (χ0n) is 25.2. The van der Waals surface area contributed by atoms with Crippen molar-refractivity contribution < 1.29 is 70.2 Å². The van der Waals surface area contributed by atoms with Crippen LogP contribution in [-0.2, 0) is 24.7 Å². The molecule has 0 amide bonds. The van der Waals surface area contributed by atoms with Crippen molar-refractivity contribution in [1.29, 1.82) is 0 Å². The van der Waals surface area contributed by atoms with E-state index in [2.05, 4.69) is 0 Å². The van der Waals surface area contributed by atoms with E-state index in [-0.39, 0.29) is 23.9 Å². The van der Waals surface area contributed by atoms with E-state index in [9.17, 15) is 61.5 Å². The largest absolute Gasteiger partial charge is 0.422 e. The van der Waals surface area contributed by atoms with E-state index in [4.69, 9.17) is 0 Å². The molecular formula is C34H16F16N2. The molecule has 0 fully saturated rings. The highest BCUT2D eigenvalue weighted by atomic mass is 19.4. The zero-order chi connectivity index (χ0) is 38.6. The molecule has 0 saturated carbocycles. The predicted octanol–water partition coefficient (Wildman–Crippen LogP) is 13.3. The first-order chi connectivity index (χ1) is 24.0. The molecule has 0 atom stereocenters. The van der Waals surface area contributed by atoms with Crippen LogP contribution in [0.25, 0.3) is 0 Å². The van der Waals surface area contributed by atoms with Gasteiger partial charge in [-0.15, -0.1) is 0 Å². The Hall–Kier alpha value is -5.42. The van der Waals surface area contributed by atoms with Crippen molar-refractivity contribution in [2.45, 2.75) is 24.7 Å². The molecule has 0 heterocycles. The lowest BCUT2D eigenvalue weighted by molar-refractivity contribution is -0.144. The normalized spacial score (nSPS) is 12.6. The summed E-state index contributed by atoms with van der Waals surface area (Å²) >= 11 is 0. The fraction of sp³-hybridized carbons (Fsp3) is 0.118. The average Bonchev–Trinajstić information content (AvgIpc) is 3.05. The fourth-order valence-corrected chi connectivity index (χ4v) is 5.14. The molecule has 0 saturated heterocycles. The van der Waals surface area contributed by atoms with Gasteiger partial charge in [0.15, 0.2) is 23.3 Å². The van der Waals surface area contributed by atoms with Crippen LogP contribution in [0.2, 0.25) is 0 Å². The third kappa shape index (κ3) is 7.45. The van der Waals surface area contributed by atoms with Gasteiger partial charge in [-0.3, -0.25) is 0 Å². The van der Waals surface area contributed by atoms with Crippen molar-refractivity contribution in [2.75, 3.05) is 9.80 Å². The minimum atomic E-state index is -5.88. The van der Waals surface area contributed by atoms with Crippen LogP contribution in [-0.4, -0.2) is 0 Å². The van der Waals surface area contributed by atoms with Crippen molar-refractivity contribution in [1.82, 2.24) is 0 Å². The molecule has 0 aliphatic carbocycles. The predicted molar refractivity (Wildman–Crippen MR) is 156 cm³/mol. The molecule has 5 aromatic carbocycles. The van der Waals surface area contributed by atoms with Gasteiger partial charge < -0.3 is 9.80 Å². The number of benzene rings is 5. The standard InChI is InChI=1S/C34H16F16N2/c35-26-25(34(48,49)50)27(36)29(38)30(28(26)37)52(20-6-2-1-3-7-20)22-11-9-21(10-12-22)51(23-8-4-5-17(14-23)31(39,40)41)24-15-18(32(42,43)44)13-19(16-24)33(45,46)47/h1-16H. The molecule has 0 aliphatic heterocycles. The van der Waals surface area contributed by atoms with E-state index in [1.54, 1.807) is 0 Å². The van der Waals surface area contributed by atoms with Crippen molar-refractivity contribution in [2.24, 2.45) is 0 Å². The van der Waals surface area contributed by atoms with Crippen LogP contribution in [0.4, 0.5) is 104 Å². The number of halogens is 16. The van der Waals surface area contributed by atoms with E-state index in [1.165, 1.54) is 18.2 Å². The first kappa shape index (κ1) is 37.8. The first-order valence-corrected chi connectivity index (χ1v) is 14.2. The highest BCUT2D eigenvalue weighted by molar-refractivity contribution is 5.82. The molecule has 0 aromatic heterocycles. The number of rotatable bonds is 6. The van der Waals surface area contributed by atoms with Crippen LogP contribution >= 0.6 is 0 Å². The van der Waals surface area contributed by atoms with Gasteiger partial charge in [-0.1, -0.05) is 24.3 Å². The molecule has 0 bridgehead atoms. The molecule has 274 valence electrons. The van der Waals surface area contributed by atoms with Crippen LogP contribution in [0.15, 0.2) is 97.1 Å². The third-order valence-electron chi connectivity index (χ3n) is 7.39. The second-order valence-electron chi connectivity index (χ2n) is 10.8. The maximum Gasteiger partial charge on any atom is 0.422 e. The van der Waals surface area contributed by atoms with Crippen molar-refractivity contribution in [3.63, 3.8) is 0 Å². The maximum absolute atomic E-state index is 15.3. The molecule has 0 spiro atoms. The molecule has 0 unspecified atom stereocenters. The topological polar surface area (TPSA) is 6.48 Å². The summed E-state index contributed by atoms with van der Waals surface area (Å²) in [4.78, 5) is 0.983. The molecule has 5 aromatic rings. The van der Waals surface area contributed by atoms with E-state index in [0.717, 1.165) is 48.5 Å². The summed E-state index contributed by atoms with van der Waals surface area (Å²) in [6.07, 6.45) is -21.7. The molecule has 5 rings (SSSR count). The van der Waals surface area contributed by atoms with Gasteiger partial charge >= 0.3 is 24.7 Å². The third-order valence-corrected chi connectivity index (χ3v) is 7.39. The molecule has 18 heteroatoms. The van der Waals surface area contributed by atoms with E-state index >= 15 is 8.78 Å². The summed E-state index contributed by atoms with van der Waals surface area (Å²) in [5.74, 6) is -10.6. The molecule has 0 aliphatic rings. The average molecular weight is 756 g/mol. The number of nitrogens with zero attached hydrogens (tertiary/aromatic N) is 2. The Labute approximate surface area is 281 Å². The van der Waals surface area contributed by atoms with Crippen molar-refractivity contribution >= 4 is 34.1 Å². The quantitative estimate of drug-likeness (QED) is 0.126. The Morgan fingerprint density at radius 1 is 0.327 bits per heavy atom. The summed E-state index contributed by atoms with van der Waals surface area (Å²) in [7, 11) is 0. The van der Waals surface area contributed by atoms with Gasteiger partial charge in [-0.05, 0) is 72.8 Å². The maximum atomic E-state index is 15.3. The van der Waals surface area contributed by atoms with Crippen LogP contribution < -0.4 is 9.80 Å². The lowest BCUT2D eigenvalue weighted by atomic mass is 10.1. The van der Waals surface area contributed by atoms with Crippen molar-refractivity contribution in [3.05, 3.63) is 143 Å². The number of alkyl halides is 12.